The predicted molar refractivity (Wildman–Crippen MR) is 54.7 cm³/mol. The lowest BCUT2D eigenvalue weighted by atomic mass is 10.1. The Kier molecular flexibility index (Phi) is 2.00. The number of epoxide rings is 1. The molecule has 1 saturated heterocycles. The summed E-state index contributed by atoms with van der Waals surface area (Å²) in [7, 11) is 1.52. The smallest absolute Gasteiger partial charge is 0.213 e. The Morgan fingerprint density at radius 1 is 1.50 bits per heavy atom. The number of hydrogen-bond donors (Lipinski definition) is 0. The lowest BCUT2D eigenvalue weighted by Gasteiger charge is -2.05. The van der Waals surface area contributed by atoms with E-state index >= 15 is 0 Å². The van der Waals surface area contributed by atoms with Gasteiger partial charge in [-0.25, -0.2) is 9.37 Å². The van der Waals surface area contributed by atoms with E-state index in [0.717, 1.165) is 0 Å². The number of nitrogens with zero attached hydrogens (tertiary/aromatic N) is 2. The van der Waals surface area contributed by atoms with Gasteiger partial charge in [0.1, 0.15) is 17.4 Å². The van der Waals surface area contributed by atoms with E-state index in [1.165, 1.54) is 13.3 Å². The molecule has 3 rings (SSSR count). The number of aromatic nitrogens is 2. The molecule has 1 aliphatic heterocycles. The van der Waals surface area contributed by atoms with E-state index in [9.17, 15) is 4.39 Å². The molecule has 5 heteroatoms. The Hall–Kier alpha value is -1.75. The van der Waals surface area contributed by atoms with Crippen LogP contribution >= 0.6 is 0 Å². The highest BCUT2D eigenvalue weighted by Crippen LogP contribution is 2.35. The molecule has 0 amide bonds. The number of pyridine rings is 2. The molecule has 0 aliphatic carbocycles. The number of methoxy groups -OCH3 is 1. The van der Waals surface area contributed by atoms with Gasteiger partial charge in [0, 0.05) is 11.6 Å². The maximum Gasteiger partial charge on any atom is 0.213 e. The van der Waals surface area contributed by atoms with Crippen LogP contribution < -0.4 is 4.74 Å². The highest BCUT2D eigenvalue weighted by Gasteiger charge is 2.31. The first-order chi connectivity index (χ1) is 7.79. The molecule has 4 nitrogen and oxygen atoms in total. The molecule has 2 aromatic heterocycles. The molecule has 82 valence electrons. The van der Waals surface area contributed by atoms with Crippen molar-refractivity contribution in [2.45, 2.75) is 6.10 Å². The second-order valence-corrected chi connectivity index (χ2v) is 3.56. The quantitative estimate of drug-likeness (QED) is 0.724. The zero-order chi connectivity index (χ0) is 11.1. The lowest BCUT2D eigenvalue weighted by molar-refractivity contribution is 0.397. The third-order valence-electron chi connectivity index (χ3n) is 2.54. The van der Waals surface area contributed by atoms with Crippen molar-refractivity contribution in [3.63, 3.8) is 0 Å². The SMILES string of the molecule is COc1ccc2ncc(F)c(C3CO3)c2n1. The minimum Gasteiger partial charge on any atom is -0.481 e. The topological polar surface area (TPSA) is 47.5 Å². The van der Waals surface area contributed by atoms with Crippen molar-refractivity contribution in [2.75, 3.05) is 13.7 Å². The molecule has 1 aliphatic rings. The second kappa shape index (κ2) is 3.38. The number of hydrogen-bond acceptors (Lipinski definition) is 4. The summed E-state index contributed by atoms with van der Waals surface area (Å²) in [4.78, 5) is 8.19. The van der Waals surface area contributed by atoms with E-state index in [1.807, 2.05) is 0 Å². The van der Waals surface area contributed by atoms with E-state index in [-0.39, 0.29) is 11.9 Å². The number of fused-ring (bicyclic) bond motifs is 1. The first-order valence-corrected chi connectivity index (χ1v) is 4.90. The van der Waals surface area contributed by atoms with Gasteiger partial charge in [-0.2, -0.15) is 0 Å². The van der Waals surface area contributed by atoms with Gasteiger partial charge < -0.3 is 9.47 Å². The van der Waals surface area contributed by atoms with Gasteiger partial charge in [-0.05, 0) is 6.07 Å². The zero-order valence-corrected chi connectivity index (χ0v) is 8.61. The van der Waals surface area contributed by atoms with Gasteiger partial charge in [0.2, 0.25) is 5.88 Å². The van der Waals surface area contributed by atoms with E-state index in [1.54, 1.807) is 12.1 Å². The molecule has 1 unspecified atom stereocenters. The monoisotopic (exact) mass is 220 g/mol. The van der Waals surface area contributed by atoms with Gasteiger partial charge in [-0.1, -0.05) is 0 Å². The van der Waals surface area contributed by atoms with Crippen LogP contribution in [0.1, 0.15) is 11.7 Å². The van der Waals surface area contributed by atoms with E-state index < -0.39 is 0 Å². The van der Waals surface area contributed by atoms with Crippen molar-refractivity contribution >= 4 is 11.0 Å². The lowest BCUT2D eigenvalue weighted by Crippen LogP contribution is -1.97. The van der Waals surface area contributed by atoms with Crippen LogP contribution in [0.2, 0.25) is 0 Å². The predicted octanol–water partition coefficient (Wildman–Crippen LogP) is 1.85. The Balaban J connectivity index is 2.30. The van der Waals surface area contributed by atoms with Crippen LogP contribution in [0.15, 0.2) is 18.3 Å². The molecule has 0 saturated carbocycles. The minimum absolute atomic E-state index is 0.190. The van der Waals surface area contributed by atoms with Crippen molar-refractivity contribution in [3.8, 4) is 5.88 Å². The molecular formula is C11H9FN2O2. The van der Waals surface area contributed by atoms with Gasteiger partial charge in [0.05, 0.1) is 25.4 Å². The van der Waals surface area contributed by atoms with E-state index in [0.29, 0.717) is 29.1 Å². The van der Waals surface area contributed by atoms with Crippen molar-refractivity contribution in [1.29, 1.82) is 0 Å². The van der Waals surface area contributed by atoms with Crippen molar-refractivity contribution < 1.29 is 13.9 Å². The Bertz CT molecular complexity index is 555. The van der Waals surface area contributed by atoms with Crippen LogP contribution in [0.5, 0.6) is 5.88 Å². The Morgan fingerprint density at radius 2 is 2.31 bits per heavy atom. The molecule has 16 heavy (non-hydrogen) atoms. The summed E-state index contributed by atoms with van der Waals surface area (Å²) in [6.45, 7) is 0.537. The summed E-state index contributed by atoms with van der Waals surface area (Å²) < 4.78 is 23.7. The number of rotatable bonds is 2. The van der Waals surface area contributed by atoms with Gasteiger partial charge in [-0.15, -0.1) is 0 Å². The van der Waals surface area contributed by atoms with Gasteiger partial charge >= 0.3 is 0 Å². The summed E-state index contributed by atoms with van der Waals surface area (Å²) in [6, 6.07) is 3.46. The van der Waals surface area contributed by atoms with E-state index in [2.05, 4.69) is 9.97 Å². The Morgan fingerprint density at radius 3 is 3.00 bits per heavy atom. The Labute approximate surface area is 91.0 Å². The summed E-state index contributed by atoms with van der Waals surface area (Å²) in [5.74, 6) is 0.0672. The number of ether oxygens (including phenoxy) is 2. The fraction of sp³-hybridized carbons (Fsp3) is 0.273. The maximum absolute atomic E-state index is 13.6. The van der Waals surface area contributed by atoms with Crippen molar-refractivity contribution in [3.05, 3.63) is 29.7 Å². The molecule has 0 bridgehead atoms. The first kappa shape index (κ1) is 9.47. The average Bonchev–Trinajstić information content (AvgIpc) is 3.12. The summed E-state index contributed by atoms with van der Waals surface area (Å²) >= 11 is 0. The first-order valence-electron chi connectivity index (χ1n) is 4.90. The molecular weight excluding hydrogens is 211 g/mol. The van der Waals surface area contributed by atoms with Crippen LogP contribution in [0, 0.1) is 5.82 Å². The van der Waals surface area contributed by atoms with Crippen LogP contribution in [0.25, 0.3) is 11.0 Å². The normalized spacial score (nSPS) is 18.8. The highest BCUT2D eigenvalue weighted by atomic mass is 19.1. The molecule has 3 heterocycles. The van der Waals surface area contributed by atoms with Gasteiger partial charge in [-0.3, -0.25) is 4.98 Å². The number of halogens is 1. The van der Waals surface area contributed by atoms with Crippen LogP contribution in [-0.2, 0) is 4.74 Å². The van der Waals surface area contributed by atoms with Crippen LogP contribution in [-0.4, -0.2) is 23.7 Å². The average molecular weight is 220 g/mol. The zero-order valence-electron chi connectivity index (χ0n) is 8.61. The molecule has 0 spiro atoms. The van der Waals surface area contributed by atoms with Crippen LogP contribution in [0.4, 0.5) is 4.39 Å². The fourth-order valence-corrected chi connectivity index (χ4v) is 1.68. The molecule has 2 aromatic rings. The van der Waals surface area contributed by atoms with Gasteiger partial charge in [0.15, 0.2) is 0 Å². The third-order valence-corrected chi connectivity index (χ3v) is 2.54. The third kappa shape index (κ3) is 1.40. The molecule has 1 atom stereocenters. The fourth-order valence-electron chi connectivity index (χ4n) is 1.68. The molecule has 0 N–H and O–H groups in total. The van der Waals surface area contributed by atoms with Gasteiger partial charge in [0.25, 0.3) is 0 Å². The maximum atomic E-state index is 13.6. The molecule has 0 radical (unpaired) electrons. The van der Waals surface area contributed by atoms with Crippen LogP contribution in [0.3, 0.4) is 0 Å². The molecule has 1 fully saturated rings. The molecule has 0 aromatic carbocycles. The summed E-state index contributed by atoms with van der Waals surface area (Å²) in [5, 5.41) is 0. The van der Waals surface area contributed by atoms with Crippen molar-refractivity contribution in [1.82, 2.24) is 9.97 Å². The van der Waals surface area contributed by atoms with E-state index in [4.69, 9.17) is 9.47 Å². The summed E-state index contributed by atoms with van der Waals surface area (Å²) in [6.07, 6.45) is 1.01. The van der Waals surface area contributed by atoms with Crippen molar-refractivity contribution in [2.24, 2.45) is 0 Å². The summed E-state index contributed by atoms with van der Waals surface area (Å²) in [5.41, 5.74) is 1.64. The minimum atomic E-state index is -0.379. The standard InChI is InChI=1S/C11H9FN2O2/c1-15-9-3-2-7-11(14-9)10(8-5-16-8)6(12)4-13-7/h2-4,8H,5H2,1H3. The second-order valence-electron chi connectivity index (χ2n) is 3.56. The largest absolute Gasteiger partial charge is 0.481 e. The highest BCUT2D eigenvalue weighted by molar-refractivity contribution is 5.79.